The SMILES string of the molecule is CCC1OCOC2C(CC)OCOC12. The Morgan fingerprint density at radius 1 is 0.786 bits per heavy atom. The summed E-state index contributed by atoms with van der Waals surface area (Å²) in [4.78, 5) is 0. The lowest BCUT2D eigenvalue weighted by atomic mass is 9.98. The molecule has 0 aromatic carbocycles. The van der Waals surface area contributed by atoms with Crippen LogP contribution in [0.3, 0.4) is 0 Å². The van der Waals surface area contributed by atoms with Crippen molar-refractivity contribution in [3.8, 4) is 0 Å². The van der Waals surface area contributed by atoms with E-state index >= 15 is 0 Å². The quantitative estimate of drug-likeness (QED) is 0.676. The van der Waals surface area contributed by atoms with Gasteiger partial charge in [0.05, 0.1) is 12.2 Å². The minimum absolute atomic E-state index is 0.0486. The Kier molecular flexibility index (Phi) is 3.38. The van der Waals surface area contributed by atoms with E-state index in [2.05, 4.69) is 13.8 Å². The number of hydrogen-bond donors (Lipinski definition) is 0. The van der Waals surface area contributed by atoms with E-state index in [1.807, 2.05) is 0 Å². The molecule has 0 aromatic rings. The van der Waals surface area contributed by atoms with E-state index in [4.69, 9.17) is 18.9 Å². The average Bonchev–Trinajstić information content (AvgIpc) is 2.27. The van der Waals surface area contributed by atoms with E-state index in [1.54, 1.807) is 0 Å². The van der Waals surface area contributed by atoms with Crippen molar-refractivity contribution in [3.05, 3.63) is 0 Å². The van der Waals surface area contributed by atoms with Crippen LogP contribution in [0.5, 0.6) is 0 Å². The van der Waals surface area contributed by atoms with Gasteiger partial charge in [-0.1, -0.05) is 13.8 Å². The maximum Gasteiger partial charge on any atom is 0.147 e. The summed E-state index contributed by atoms with van der Waals surface area (Å²) < 4.78 is 22.1. The van der Waals surface area contributed by atoms with Crippen LogP contribution in [0.25, 0.3) is 0 Å². The summed E-state index contributed by atoms with van der Waals surface area (Å²) in [5.74, 6) is 0. The van der Waals surface area contributed by atoms with E-state index in [0.717, 1.165) is 12.8 Å². The van der Waals surface area contributed by atoms with Crippen molar-refractivity contribution in [2.45, 2.75) is 51.1 Å². The predicted octanol–water partition coefficient (Wildman–Crippen LogP) is 1.29. The zero-order valence-electron chi connectivity index (χ0n) is 8.77. The molecule has 0 spiro atoms. The van der Waals surface area contributed by atoms with Gasteiger partial charge in [-0.3, -0.25) is 0 Å². The van der Waals surface area contributed by atoms with Crippen LogP contribution in [0.15, 0.2) is 0 Å². The van der Waals surface area contributed by atoms with Crippen molar-refractivity contribution in [1.82, 2.24) is 0 Å². The van der Waals surface area contributed by atoms with Gasteiger partial charge in [0, 0.05) is 0 Å². The first kappa shape index (κ1) is 10.4. The molecule has 0 N–H and O–H groups in total. The van der Waals surface area contributed by atoms with Crippen LogP contribution in [0.4, 0.5) is 0 Å². The summed E-state index contributed by atoms with van der Waals surface area (Å²) in [5, 5.41) is 0. The molecular weight excluding hydrogens is 184 g/mol. The zero-order chi connectivity index (χ0) is 9.97. The van der Waals surface area contributed by atoms with Crippen molar-refractivity contribution in [3.63, 3.8) is 0 Å². The van der Waals surface area contributed by atoms with Crippen LogP contribution in [0.1, 0.15) is 26.7 Å². The topological polar surface area (TPSA) is 36.9 Å². The summed E-state index contributed by atoms with van der Waals surface area (Å²) in [6.45, 7) is 4.94. The molecule has 2 aliphatic heterocycles. The molecule has 14 heavy (non-hydrogen) atoms. The second kappa shape index (κ2) is 4.57. The lowest BCUT2D eigenvalue weighted by molar-refractivity contribution is -0.322. The second-order valence-corrected chi connectivity index (χ2v) is 3.73. The Bertz CT molecular complexity index is 165. The second-order valence-electron chi connectivity index (χ2n) is 3.73. The van der Waals surface area contributed by atoms with Gasteiger partial charge in [-0.05, 0) is 12.8 Å². The van der Waals surface area contributed by atoms with E-state index in [-0.39, 0.29) is 24.4 Å². The first-order valence-electron chi connectivity index (χ1n) is 5.33. The summed E-state index contributed by atoms with van der Waals surface area (Å²) in [6.07, 6.45) is 2.33. The zero-order valence-corrected chi connectivity index (χ0v) is 8.77. The normalized spacial score (nSPS) is 43.3. The fraction of sp³-hybridized carbons (Fsp3) is 1.00. The molecule has 4 nitrogen and oxygen atoms in total. The molecule has 82 valence electrons. The predicted molar refractivity (Wildman–Crippen MR) is 49.8 cm³/mol. The largest absolute Gasteiger partial charge is 0.349 e. The van der Waals surface area contributed by atoms with Gasteiger partial charge in [0.15, 0.2) is 0 Å². The van der Waals surface area contributed by atoms with E-state index in [1.165, 1.54) is 0 Å². The molecule has 0 bridgehead atoms. The Morgan fingerprint density at radius 2 is 1.21 bits per heavy atom. The molecule has 2 heterocycles. The molecule has 2 rings (SSSR count). The maximum atomic E-state index is 5.55. The maximum absolute atomic E-state index is 5.55. The van der Waals surface area contributed by atoms with Crippen molar-refractivity contribution < 1.29 is 18.9 Å². The van der Waals surface area contributed by atoms with Gasteiger partial charge in [-0.15, -0.1) is 0 Å². The van der Waals surface area contributed by atoms with Crippen molar-refractivity contribution in [1.29, 1.82) is 0 Å². The Hall–Kier alpha value is -0.160. The molecule has 4 heteroatoms. The first-order chi connectivity index (χ1) is 6.86. The van der Waals surface area contributed by atoms with E-state index in [9.17, 15) is 0 Å². The summed E-state index contributed by atoms with van der Waals surface area (Å²) in [5.41, 5.74) is 0. The smallest absolute Gasteiger partial charge is 0.147 e. The highest BCUT2D eigenvalue weighted by Gasteiger charge is 2.42. The van der Waals surface area contributed by atoms with Crippen molar-refractivity contribution in [2.75, 3.05) is 13.6 Å². The average molecular weight is 202 g/mol. The summed E-state index contributed by atoms with van der Waals surface area (Å²) >= 11 is 0. The highest BCUT2D eigenvalue weighted by atomic mass is 16.8. The molecule has 4 atom stereocenters. The fourth-order valence-electron chi connectivity index (χ4n) is 2.13. The van der Waals surface area contributed by atoms with Gasteiger partial charge in [-0.2, -0.15) is 0 Å². The fourth-order valence-corrected chi connectivity index (χ4v) is 2.13. The van der Waals surface area contributed by atoms with E-state index in [0.29, 0.717) is 13.6 Å². The van der Waals surface area contributed by atoms with Crippen LogP contribution < -0.4 is 0 Å². The number of ether oxygens (including phenoxy) is 4. The molecule has 2 aliphatic rings. The monoisotopic (exact) mass is 202 g/mol. The third-order valence-electron chi connectivity index (χ3n) is 2.95. The standard InChI is InChI=1S/C10H18O4/c1-3-7-9-10(14-5-11-7)8(4-2)12-6-13-9/h7-10H,3-6H2,1-2H3. The molecule has 0 aromatic heterocycles. The lowest BCUT2D eigenvalue weighted by Crippen LogP contribution is -2.56. The molecule has 2 saturated heterocycles. The molecule has 0 radical (unpaired) electrons. The Balaban J connectivity index is 2.04. The minimum atomic E-state index is 0.0486. The summed E-state index contributed by atoms with van der Waals surface area (Å²) in [6, 6.07) is 0. The van der Waals surface area contributed by atoms with Gasteiger partial charge < -0.3 is 18.9 Å². The Morgan fingerprint density at radius 3 is 1.57 bits per heavy atom. The highest BCUT2D eigenvalue weighted by molar-refractivity contribution is 4.88. The molecular formula is C10H18O4. The molecule has 0 saturated carbocycles. The minimum Gasteiger partial charge on any atom is -0.349 e. The molecule has 4 unspecified atom stereocenters. The third kappa shape index (κ3) is 1.80. The number of rotatable bonds is 2. The first-order valence-corrected chi connectivity index (χ1v) is 5.33. The number of hydrogen-bond acceptors (Lipinski definition) is 4. The molecule has 0 amide bonds. The highest BCUT2D eigenvalue weighted by Crippen LogP contribution is 2.28. The van der Waals surface area contributed by atoms with Crippen molar-refractivity contribution in [2.24, 2.45) is 0 Å². The van der Waals surface area contributed by atoms with Crippen LogP contribution in [0.2, 0.25) is 0 Å². The van der Waals surface area contributed by atoms with Gasteiger partial charge in [-0.25, -0.2) is 0 Å². The van der Waals surface area contributed by atoms with Gasteiger partial charge in [0.2, 0.25) is 0 Å². The van der Waals surface area contributed by atoms with Gasteiger partial charge in [0.25, 0.3) is 0 Å². The van der Waals surface area contributed by atoms with E-state index < -0.39 is 0 Å². The van der Waals surface area contributed by atoms with Crippen LogP contribution in [0, 0.1) is 0 Å². The van der Waals surface area contributed by atoms with Crippen LogP contribution in [-0.4, -0.2) is 38.0 Å². The van der Waals surface area contributed by atoms with Gasteiger partial charge >= 0.3 is 0 Å². The Labute approximate surface area is 84.5 Å². The molecule has 0 aliphatic carbocycles. The van der Waals surface area contributed by atoms with Crippen molar-refractivity contribution >= 4 is 0 Å². The lowest BCUT2D eigenvalue weighted by Gasteiger charge is -2.43. The van der Waals surface area contributed by atoms with Crippen LogP contribution in [-0.2, 0) is 18.9 Å². The van der Waals surface area contributed by atoms with Crippen LogP contribution >= 0.6 is 0 Å². The number of fused-ring (bicyclic) bond motifs is 1. The molecule has 2 fully saturated rings. The third-order valence-corrected chi connectivity index (χ3v) is 2.95. The van der Waals surface area contributed by atoms with Gasteiger partial charge in [0.1, 0.15) is 25.8 Å². The summed E-state index contributed by atoms with van der Waals surface area (Å²) in [7, 11) is 0.